The quantitative estimate of drug-likeness (QED) is 0.480. The molecule has 1 saturated heterocycles. The zero-order chi connectivity index (χ0) is 9.14. The fourth-order valence-electron chi connectivity index (χ4n) is 1.25. The summed E-state index contributed by atoms with van der Waals surface area (Å²) >= 11 is 1.93. The van der Waals surface area contributed by atoms with Crippen molar-refractivity contribution in [3.05, 3.63) is 11.6 Å². The smallest absolute Gasteiger partial charge is 0.145 e. The van der Waals surface area contributed by atoms with Crippen LogP contribution in [0.3, 0.4) is 0 Å². The highest BCUT2D eigenvalue weighted by molar-refractivity contribution is 8.00. The number of likely N-dealkylation sites (N-methyl/N-ethyl adjacent to an activating group) is 1. The van der Waals surface area contributed by atoms with Gasteiger partial charge < -0.3 is 0 Å². The Morgan fingerprint density at radius 2 is 2.33 bits per heavy atom. The van der Waals surface area contributed by atoms with Crippen LogP contribution >= 0.6 is 11.8 Å². The molecule has 0 aromatic carbocycles. The first kappa shape index (κ1) is 9.81. The van der Waals surface area contributed by atoms with E-state index >= 15 is 0 Å². The molecule has 1 aliphatic rings. The van der Waals surface area contributed by atoms with E-state index in [0.29, 0.717) is 11.4 Å². The van der Waals surface area contributed by atoms with Gasteiger partial charge in [0.2, 0.25) is 0 Å². The molecular formula is C9H15NOS. The number of rotatable bonds is 2. The van der Waals surface area contributed by atoms with Crippen molar-refractivity contribution in [2.45, 2.75) is 25.3 Å². The molecule has 0 amide bonds. The second kappa shape index (κ2) is 4.10. The lowest BCUT2D eigenvalue weighted by atomic mass is 10.2. The summed E-state index contributed by atoms with van der Waals surface area (Å²) in [6, 6.07) is 0.440. The third kappa shape index (κ3) is 2.11. The number of carbonyl (C=O) groups excluding carboxylic acids is 1. The van der Waals surface area contributed by atoms with Crippen molar-refractivity contribution < 1.29 is 4.79 Å². The van der Waals surface area contributed by atoms with Crippen molar-refractivity contribution in [1.82, 2.24) is 4.90 Å². The molecule has 2 nitrogen and oxygen atoms in total. The molecular weight excluding hydrogens is 170 g/mol. The number of aldehydes is 1. The van der Waals surface area contributed by atoms with Gasteiger partial charge in [-0.25, -0.2) is 0 Å². The molecule has 1 aliphatic heterocycles. The maximum absolute atomic E-state index is 10.4. The lowest BCUT2D eigenvalue weighted by Gasteiger charge is -2.19. The van der Waals surface area contributed by atoms with Crippen molar-refractivity contribution in [2.24, 2.45) is 0 Å². The summed E-state index contributed by atoms with van der Waals surface area (Å²) in [5, 5.41) is 0.575. The lowest BCUT2D eigenvalue weighted by Crippen LogP contribution is -2.29. The van der Waals surface area contributed by atoms with E-state index in [-0.39, 0.29) is 0 Å². The monoisotopic (exact) mass is 185 g/mol. The topological polar surface area (TPSA) is 20.3 Å². The van der Waals surface area contributed by atoms with E-state index in [1.54, 1.807) is 0 Å². The predicted octanol–water partition coefficient (Wildman–Crippen LogP) is 1.52. The standard InChI is InChI=1S/C9H15NOS/c1-7(5-11)4-9-6-12-8(2)10(9)3/h4-5,8-9H,6H2,1-3H3/b7-4+. The first-order chi connectivity index (χ1) is 5.65. The van der Waals surface area contributed by atoms with Gasteiger partial charge in [0.15, 0.2) is 0 Å². The van der Waals surface area contributed by atoms with E-state index in [0.717, 1.165) is 17.6 Å². The van der Waals surface area contributed by atoms with Crippen molar-refractivity contribution in [3.8, 4) is 0 Å². The molecule has 3 heteroatoms. The average Bonchev–Trinajstić information content (AvgIpc) is 2.36. The minimum atomic E-state index is 0.440. The van der Waals surface area contributed by atoms with Gasteiger partial charge in [-0.15, -0.1) is 11.8 Å². The first-order valence-electron chi connectivity index (χ1n) is 4.12. The lowest BCUT2D eigenvalue weighted by molar-refractivity contribution is -0.104. The molecule has 0 aromatic heterocycles. The van der Waals surface area contributed by atoms with Crippen molar-refractivity contribution >= 4 is 18.0 Å². The van der Waals surface area contributed by atoms with Gasteiger partial charge in [-0.1, -0.05) is 6.08 Å². The number of allylic oxidation sites excluding steroid dienone is 1. The maximum atomic E-state index is 10.4. The van der Waals surface area contributed by atoms with E-state index in [4.69, 9.17) is 0 Å². The van der Waals surface area contributed by atoms with Crippen molar-refractivity contribution in [2.75, 3.05) is 12.8 Å². The van der Waals surface area contributed by atoms with Gasteiger partial charge in [-0.05, 0) is 26.5 Å². The average molecular weight is 185 g/mol. The highest BCUT2D eigenvalue weighted by Crippen LogP contribution is 2.27. The Morgan fingerprint density at radius 1 is 1.67 bits per heavy atom. The van der Waals surface area contributed by atoms with Crippen LogP contribution in [-0.2, 0) is 4.79 Å². The van der Waals surface area contributed by atoms with Crippen LogP contribution < -0.4 is 0 Å². The van der Waals surface area contributed by atoms with Crippen LogP contribution in [0, 0.1) is 0 Å². The summed E-state index contributed by atoms with van der Waals surface area (Å²) in [6.45, 7) is 4.04. The Bertz CT molecular complexity index is 203. The second-order valence-electron chi connectivity index (χ2n) is 3.19. The fraction of sp³-hybridized carbons (Fsp3) is 0.667. The third-order valence-corrected chi connectivity index (χ3v) is 3.59. The Morgan fingerprint density at radius 3 is 2.75 bits per heavy atom. The number of hydrogen-bond donors (Lipinski definition) is 0. The van der Waals surface area contributed by atoms with E-state index in [9.17, 15) is 4.79 Å². The number of hydrogen-bond acceptors (Lipinski definition) is 3. The normalized spacial score (nSPS) is 32.4. The molecule has 68 valence electrons. The minimum absolute atomic E-state index is 0.440. The molecule has 2 atom stereocenters. The highest BCUT2D eigenvalue weighted by atomic mass is 32.2. The molecule has 0 aliphatic carbocycles. The SMILES string of the molecule is C/C(C=O)=C\C1CSC(C)N1C. The van der Waals surface area contributed by atoms with Crippen LogP contribution in [0.15, 0.2) is 11.6 Å². The summed E-state index contributed by atoms with van der Waals surface area (Å²) in [4.78, 5) is 12.7. The number of thioether (sulfide) groups is 1. The molecule has 0 radical (unpaired) electrons. The van der Waals surface area contributed by atoms with Gasteiger partial charge in [-0.2, -0.15) is 0 Å². The fourth-order valence-corrected chi connectivity index (χ4v) is 2.45. The van der Waals surface area contributed by atoms with Gasteiger partial charge in [-0.3, -0.25) is 9.69 Å². The minimum Gasteiger partial charge on any atom is -0.298 e. The van der Waals surface area contributed by atoms with E-state index in [1.807, 2.05) is 24.8 Å². The van der Waals surface area contributed by atoms with Crippen LogP contribution in [0.1, 0.15) is 13.8 Å². The number of nitrogens with zero attached hydrogens (tertiary/aromatic N) is 1. The van der Waals surface area contributed by atoms with E-state index in [1.165, 1.54) is 0 Å². The molecule has 1 heterocycles. The van der Waals surface area contributed by atoms with Gasteiger partial charge in [0.25, 0.3) is 0 Å². The van der Waals surface area contributed by atoms with Gasteiger partial charge in [0.1, 0.15) is 6.29 Å². The Hall–Kier alpha value is -0.280. The van der Waals surface area contributed by atoms with E-state index in [2.05, 4.69) is 18.9 Å². The summed E-state index contributed by atoms with van der Waals surface area (Å²) in [6.07, 6.45) is 2.96. The maximum Gasteiger partial charge on any atom is 0.145 e. The molecule has 0 saturated carbocycles. The predicted molar refractivity (Wildman–Crippen MR) is 53.3 cm³/mol. The Balaban J connectivity index is 2.60. The molecule has 0 bridgehead atoms. The molecule has 0 spiro atoms. The molecule has 1 rings (SSSR count). The van der Waals surface area contributed by atoms with Gasteiger partial charge >= 0.3 is 0 Å². The highest BCUT2D eigenvalue weighted by Gasteiger charge is 2.25. The van der Waals surface area contributed by atoms with Gasteiger partial charge in [0.05, 0.1) is 5.37 Å². The van der Waals surface area contributed by atoms with Crippen molar-refractivity contribution in [3.63, 3.8) is 0 Å². The zero-order valence-electron chi connectivity index (χ0n) is 7.78. The van der Waals surface area contributed by atoms with Crippen LogP contribution in [0.5, 0.6) is 0 Å². The second-order valence-corrected chi connectivity index (χ2v) is 4.54. The summed E-state index contributed by atoms with van der Waals surface area (Å²) in [7, 11) is 2.10. The van der Waals surface area contributed by atoms with E-state index < -0.39 is 0 Å². The summed E-state index contributed by atoms with van der Waals surface area (Å²) in [5.74, 6) is 1.10. The summed E-state index contributed by atoms with van der Waals surface area (Å²) in [5.41, 5.74) is 0.835. The van der Waals surface area contributed by atoms with Crippen LogP contribution in [-0.4, -0.2) is 35.4 Å². The van der Waals surface area contributed by atoms with Crippen LogP contribution in [0.2, 0.25) is 0 Å². The molecule has 0 aromatic rings. The largest absolute Gasteiger partial charge is 0.298 e. The number of carbonyl (C=O) groups is 1. The molecule has 1 fully saturated rings. The molecule has 0 N–H and O–H groups in total. The molecule has 2 unspecified atom stereocenters. The zero-order valence-corrected chi connectivity index (χ0v) is 8.60. The Labute approximate surface area is 78.0 Å². The third-order valence-electron chi connectivity index (χ3n) is 2.25. The van der Waals surface area contributed by atoms with Crippen LogP contribution in [0.4, 0.5) is 0 Å². The summed E-state index contributed by atoms with van der Waals surface area (Å²) < 4.78 is 0. The molecule has 12 heavy (non-hydrogen) atoms. The van der Waals surface area contributed by atoms with Gasteiger partial charge in [0, 0.05) is 11.8 Å². The van der Waals surface area contributed by atoms with Crippen LogP contribution in [0.25, 0.3) is 0 Å². The van der Waals surface area contributed by atoms with Crippen molar-refractivity contribution in [1.29, 1.82) is 0 Å². The first-order valence-corrected chi connectivity index (χ1v) is 5.17. The Kier molecular flexibility index (Phi) is 3.35.